The number of anilines is 1. The number of nitrogens with zero attached hydrogens (tertiary/aromatic N) is 1. The molecular weight excluding hydrogens is 323 g/mol. The largest absolute Gasteiger partial charge is 0.433 e. The number of hydrogen-bond donors (Lipinski definition) is 1. The summed E-state index contributed by atoms with van der Waals surface area (Å²) in [7, 11) is 0. The van der Waals surface area contributed by atoms with Gasteiger partial charge in [0.1, 0.15) is 5.52 Å². The molecule has 128 valence electrons. The van der Waals surface area contributed by atoms with Crippen LogP contribution in [0.5, 0.6) is 0 Å². The third-order valence-electron chi connectivity index (χ3n) is 4.52. The number of rotatable bonds is 3. The smallest absolute Gasteiger partial charge is 0.232 e. The van der Waals surface area contributed by atoms with E-state index in [-0.39, 0.29) is 11.5 Å². The van der Waals surface area contributed by atoms with E-state index in [0.717, 1.165) is 0 Å². The van der Waals surface area contributed by atoms with E-state index in [9.17, 15) is 9.18 Å². The van der Waals surface area contributed by atoms with Crippen LogP contribution in [0.3, 0.4) is 0 Å². The van der Waals surface area contributed by atoms with E-state index in [4.69, 9.17) is 9.15 Å². The number of nitrogens with one attached hydrogen (secondary N) is 1. The zero-order chi connectivity index (χ0) is 17.4. The highest BCUT2D eigenvalue weighted by atomic mass is 19.1. The number of ether oxygens (including phenoxy) is 1. The van der Waals surface area contributed by atoms with Gasteiger partial charge in [-0.25, -0.2) is 9.37 Å². The summed E-state index contributed by atoms with van der Waals surface area (Å²) < 4.78 is 24.6. The van der Waals surface area contributed by atoms with E-state index in [1.165, 1.54) is 6.07 Å². The van der Waals surface area contributed by atoms with Crippen LogP contribution in [-0.2, 0) is 9.53 Å². The zero-order valence-electron chi connectivity index (χ0n) is 13.7. The van der Waals surface area contributed by atoms with Crippen molar-refractivity contribution in [3.63, 3.8) is 0 Å². The molecule has 0 bridgehead atoms. The molecule has 0 spiro atoms. The molecule has 1 aromatic heterocycles. The van der Waals surface area contributed by atoms with Crippen molar-refractivity contribution in [3.05, 3.63) is 48.3 Å². The lowest BCUT2D eigenvalue weighted by Gasteiger charge is -2.20. The van der Waals surface area contributed by atoms with Gasteiger partial charge >= 0.3 is 0 Å². The molecule has 1 saturated heterocycles. The molecule has 1 amide bonds. The Morgan fingerprint density at radius 1 is 1.24 bits per heavy atom. The molecule has 2 heterocycles. The van der Waals surface area contributed by atoms with E-state index in [1.54, 1.807) is 36.4 Å². The monoisotopic (exact) mass is 340 g/mol. The molecule has 1 aliphatic rings. The molecular formula is C19H17FN2O3. The fourth-order valence-corrected chi connectivity index (χ4v) is 2.86. The summed E-state index contributed by atoms with van der Waals surface area (Å²) in [6, 6.07) is 11.7. The lowest BCUT2D eigenvalue weighted by atomic mass is 9.89. The minimum atomic E-state index is -0.490. The van der Waals surface area contributed by atoms with Crippen molar-refractivity contribution in [1.82, 2.24) is 4.98 Å². The first-order chi connectivity index (χ1) is 12.0. The van der Waals surface area contributed by atoms with Crippen molar-refractivity contribution in [2.75, 3.05) is 18.5 Å². The molecule has 1 fully saturated rings. The highest BCUT2D eigenvalue weighted by molar-refractivity contribution is 5.95. The Bertz CT molecular complexity index is 927. The number of carbonyl (C=O) groups excluding carboxylic acids is 1. The summed E-state index contributed by atoms with van der Waals surface area (Å²) in [5.41, 5.74) is 1.52. The van der Waals surface area contributed by atoms with Gasteiger partial charge in [-0.3, -0.25) is 4.79 Å². The number of hydrogen-bond acceptors (Lipinski definition) is 4. The predicted octanol–water partition coefficient (Wildman–Crippen LogP) is 4.00. The minimum Gasteiger partial charge on any atom is -0.433 e. The molecule has 3 aromatic rings. The van der Waals surface area contributed by atoms with Crippen molar-refractivity contribution in [2.45, 2.75) is 13.3 Å². The summed E-state index contributed by atoms with van der Waals surface area (Å²) in [4.78, 5) is 16.7. The van der Waals surface area contributed by atoms with E-state index in [1.807, 2.05) is 6.92 Å². The Hall–Kier alpha value is -2.73. The Morgan fingerprint density at radius 2 is 2.04 bits per heavy atom. The first-order valence-electron chi connectivity index (χ1n) is 8.10. The fourth-order valence-electron chi connectivity index (χ4n) is 2.86. The SMILES string of the molecule is CC1(C(=O)Nc2ccc(-c3nc4cccc(F)c4o3)cc2)CCOC1. The molecule has 2 aromatic carbocycles. The maximum atomic E-state index is 13.7. The summed E-state index contributed by atoms with van der Waals surface area (Å²) in [5, 5.41) is 2.91. The number of carbonyl (C=O) groups is 1. The Balaban J connectivity index is 1.55. The molecule has 1 unspecified atom stereocenters. The van der Waals surface area contributed by atoms with Gasteiger partial charge in [0.05, 0.1) is 12.0 Å². The summed E-state index contributed by atoms with van der Waals surface area (Å²) in [6.45, 7) is 2.94. The van der Waals surface area contributed by atoms with Gasteiger partial charge in [-0.1, -0.05) is 6.07 Å². The van der Waals surface area contributed by atoms with Crippen LogP contribution < -0.4 is 5.32 Å². The number of fused-ring (bicyclic) bond motifs is 1. The zero-order valence-corrected chi connectivity index (χ0v) is 13.7. The maximum absolute atomic E-state index is 13.7. The highest BCUT2D eigenvalue weighted by Gasteiger charge is 2.37. The topological polar surface area (TPSA) is 64.4 Å². The van der Waals surface area contributed by atoms with Gasteiger partial charge in [-0.2, -0.15) is 0 Å². The average Bonchev–Trinajstić information content (AvgIpc) is 3.24. The maximum Gasteiger partial charge on any atom is 0.232 e. The van der Waals surface area contributed by atoms with E-state index < -0.39 is 11.2 Å². The first-order valence-corrected chi connectivity index (χ1v) is 8.10. The summed E-state index contributed by atoms with van der Waals surface area (Å²) in [5.74, 6) is -0.150. The number of para-hydroxylation sites is 1. The molecule has 0 radical (unpaired) electrons. The summed E-state index contributed by atoms with van der Waals surface area (Å²) >= 11 is 0. The number of halogens is 1. The van der Waals surface area contributed by atoms with Crippen molar-refractivity contribution in [3.8, 4) is 11.5 Å². The number of aromatic nitrogens is 1. The average molecular weight is 340 g/mol. The second-order valence-electron chi connectivity index (χ2n) is 6.50. The third-order valence-corrected chi connectivity index (χ3v) is 4.52. The Kier molecular flexibility index (Phi) is 3.77. The highest BCUT2D eigenvalue weighted by Crippen LogP contribution is 2.30. The number of oxazole rings is 1. The van der Waals surface area contributed by atoms with Crippen LogP contribution in [-0.4, -0.2) is 24.1 Å². The second-order valence-corrected chi connectivity index (χ2v) is 6.50. The fraction of sp³-hybridized carbons (Fsp3) is 0.263. The van der Waals surface area contributed by atoms with Gasteiger partial charge in [-0.15, -0.1) is 0 Å². The normalized spacial score (nSPS) is 20.1. The molecule has 0 saturated carbocycles. The van der Waals surface area contributed by atoms with E-state index in [0.29, 0.717) is 42.3 Å². The van der Waals surface area contributed by atoms with Crippen LogP contribution in [0.2, 0.25) is 0 Å². The lowest BCUT2D eigenvalue weighted by Crippen LogP contribution is -2.33. The van der Waals surface area contributed by atoms with Crippen molar-refractivity contribution in [2.24, 2.45) is 5.41 Å². The third kappa shape index (κ3) is 2.89. The predicted molar refractivity (Wildman–Crippen MR) is 91.6 cm³/mol. The quantitative estimate of drug-likeness (QED) is 0.783. The molecule has 6 heteroatoms. The molecule has 5 nitrogen and oxygen atoms in total. The van der Waals surface area contributed by atoms with Crippen molar-refractivity contribution >= 4 is 22.7 Å². The van der Waals surface area contributed by atoms with Gasteiger partial charge < -0.3 is 14.5 Å². The van der Waals surface area contributed by atoms with Crippen molar-refractivity contribution in [1.29, 1.82) is 0 Å². The second kappa shape index (κ2) is 5.97. The van der Waals surface area contributed by atoms with Crippen LogP contribution in [0.4, 0.5) is 10.1 Å². The standard InChI is InChI=1S/C19H17FN2O3/c1-19(9-10-24-11-19)18(23)21-13-7-5-12(6-8-13)17-22-15-4-2-3-14(20)16(15)25-17/h2-8H,9-11H2,1H3,(H,21,23). The molecule has 25 heavy (non-hydrogen) atoms. The van der Waals surface area contributed by atoms with E-state index in [2.05, 4.69) is 10.3 Å². The number of amides is 1. The van der Waals surface area contributed by atoms with Crippen LogP contribution in [0.1, 0.15) is 13.3 Å². The summed E-state index contributed by atoms with van der Waals surface area (Å²) in [6.07, 6.45) is 0.714. The van der Waals surface area contributed by atoms with Gasteiger partial charge in [0, 0.05) is 17.9 Å². The first kappa shape index (κ1) is 15.8. The van der Waals surface area contributed by atoms with Crippen molar-refractivity contribution < 1.29 is 18.3 Å². The Labute approximate surface area is 143 Å². The molecule has 4 rings (SSSR count). The van der Waals surface area contributed by atoms with Gasteiger partial charge in [0.15, 0.2) is 11.4 Å². The van der Waals surface area contributed by atoms with Gasteiger partial charge in [-0.05, 0) is 49.7 Å². The molecule has 0 aliphatic carbocycles. The Morgan fingerprint density at radius 3 is 2.72 bits per heavy atom. The molecule has 1 atom stereocenters. The molecule has 1 aliphatic heterocycles. The van der Waals surface area contributed by atoms with Gasteiger partial charge in [0.25, 0.3) is 0 Å². The number of benzene rings is 2. The minimum absolute atomic E-state index is 0.0540. The van der Waals surface area contributed by atoms with Gasteiger partial charge in [0.2, 0.25) is 11.8 Å². The van der Waals surface area contributed by atoms with Crippen LogP contribution in [0.25, 0.3) is 22.6 Å². The lowest BCUT2D eigenvalue weighted by molar-refractivity contribution is -0.124. The van der Waals surface area contributed by atoms with Crippen LogP contribution in [0.15, 0.2) is 46.9 Å². The van der Waals surface area contributed by atoms with E-state index >= 15 is 0 Å². The molecule has 1 N–H and O–H groups in total. The van der Waals surface area contributed by atoms with Crippen LogP contribution >= 0.6 is 0 Å². The van der Waals surface area contributed by atoms with Crippen LogP contribution in [0, 0.1) is 11.2 Å².